The summed E-state index contributed by atoms with van der Waals surface area (Å²) in [6.07, 6.45) is 4.25. The first-order chi connectivity index (χ1) is 11.6. The van der Waals surface area contributed by atoms with Gasteiger partial charge in [0.1, 0.15) is 12.4 Å². The van der Waals surface area contributed by atoms with E-state index in [9.17, 15) is 0 Å². The van der Waals surface area contributed by atoms with Crippen LogP contribution >= 0.6 is 0 Å². The molecule has 0 fully saturated rings. The molecule has 128 valence electrons. The second-order valence-electron chi connectivity index (χ2n) is 6.59. The van der Waals surface area contributed by atoms with Crippen molar-refractivity contribution in [1.29, 1.82) is 0 Å². The van der Waals surface area contributed by atoms with E-state index in [1.165, 1.54) is 11.1 Å². The Morgan fingerprint density at radius 1 is 0.792 bits per heavy atom. The molecule has 0 heterocycles. The Kier molecular flexibility index (Phi) is 7.07. The second kappa shape index (κ2) is 9.29. The van der Waals surface area contributed by atoms with Crippen molar-refractivity contribution in [2.24, 2.45) is 0 Å². The number of hydrogen-bond acceptors (Lipinski definition) is 2. The molecule has 0 aliphatic carbocycles. The van der Waals surface area contributed by atoms with E-state index in [4.69, 9.17) is 4.74 Å². The van der Waals surface area contributed by atoms with Crippen molar-refractivity contribution < 1.29 is 4.74 Å². The van der Waals surface area contributed by atoms with Crippen molar-refractivity contribution in [2.75, 3.05) is 13.2 Å². The summed E-state index contributed by atoms with van der Waals surface area (Å²) in [7, 11) is 0. The molecule has 2 aromatic rings. The molecule has 0 radical (unpaired) electrons. The Balaban J connectivity index is 1.85. The van der Waals surface area contributed by atoms with Crippen molar-refractivity contribution in [3.05, 3.63) is 65.7 Å². The first-order valence-electron chi connectivity index (χ1n) is 8.78. The average molecular weight is 323 g/mol. The monoisotopic (exact) mass is 323 g/mol. The Morgan fingerprint density at radius 2 is 1.33 bits per heavy atom. The molecule has 0 unspecified atom stereocenters. The fraction of sp³-hybridized carbons (Fsp3) is 0.364. The van der Waals surface area contributed by atoms with Gasteiger partial charge in [0, 0.05) is 18.6 Å². The zero-order valence-electron chi connectivity index (χ0n) is 15.3. The lowest BCUT2D eigenvalue weighted by molar-refractivity contribution is 0.142. The number of rotatable bonds is 8. The molecular weight excluding hydrogens is 294 g/mol. The molecule has 0 spiro atoms. The van der Waals surface area contributed by atoms with Gasteiger partial charge in [-0.2, -0.15) is 0 Å². The molecule has 0 atom stereocenters. The van der Waals surface area contributed by atoms with Crippen LogP contribution in [0, 0.1) is 0 Å². The van der Waals surface area contributed by atoms with Crippen molar-refractivity contribution in [3.63, 3.8) is 0 Å². The van der Waals surface area contributed by atoms with Gasteiger partial charge < -0.3 is 4.74 Å². The van der Waals surface area contributed by atoms with Gasteiger partial charge >= 0.3 is 0 Å². The molecule has 0 N–H and O–H groups in total. The van der Waals surface area contributed by atoms with E-state index in [0.29, 0.717) is 12.1 Å². The van der Waals surface area contributed by atoms with Gasteiger partial charge in [-0.25, -0.2) is 0 Å². The third kappa shape index (κ3) is 5.86. The van der Waals surface area contributed by atoms with E-state index >= 15 is 0 Å². The number of hydrogen-bond donors (Lipinski definition) is 0. The normalized spacial score (nSPS) is 11.8. The molecule has 2 nitrogen and oxygen atoms in total. The summed E-state index contributed by atoms with van der Waals surface area (Å²) < 4.78 is 5.89. The summed E-state index contributed by atoms with van der Waals surface area (Å²) in [5.74, 6) is 0.930. The number of benzene rings is 2. The number of ether oxygens (including phenoxy) is 1. The third-order valence-corrected chi connectivity index (χ3v) is 4.09. The predicted octanol–water partition coefficient (Wildman–Crippen LogP) is 5.35. The fourth-order valence-corrected chi connectivity index (χ4v) is 2.81. The largest absolute Gasteiger partial charge is 0.492 e. The molecule has 0 aromatic heterocycles. The van der Waals surface area contributed by atoms with E-state index in [1.54, 1.807) is 0 Å². The summed E-state index contributed by atoms with van der Waals surface area (Å²) in [4.78, 5) is 2.44. The van der Waals surface area contributed by atoms with E-state index < -0.39 is 0 Å². The molecule has 2 rings (SSSR count). The van der Waals surface area contributed by atoms with E-state index in [0.717, 1.165) is 18.9 Å². The maximum Gasteiger partial charge on any atom is 0.119 e. The Morgan fingerprint density at radius 3 is 1.88 bits per heavy atom. The molecule has 0 saturated carbocycles. The molecule has 2 aromatic carbocycles. The smallest absolute Gasteiger partial charge is 0.119 e. The molecular formula is C22H29NO. The van der Waals surface area contributed by atoms with Crippen molar-refractivity contribution in [1.82, 2.24) is 4.90 Å². The summed E-state index contributed by atoms with van der Waals surface area (Å²) in [6.45, 7) is 10.6. The molecule has 0 aliphatic heterocycles. The van der Waals surface area contributed by atoms with Gasteiger partial charge in [-0.3, -0.25) is 4.90 Å². The first-order valence-corrected chi connectivity index (χ1v) is 8.78. The maximum absolute atomic E-state index is 5.89. The van der Waals surface area contributed by atoms with Gasteiger partial charge in [0.15, 0.2) is 0 Å². The second-order valence-corrected chi connectivity index (χ2v) is 6.59. The van der Waals surface area contributed by atoms with E-state index in [1.807, 2.05) is 30.3 Å². The minimum Gasteiger partial charge on any atom is -0.492 e. The zero-order chi connectivity index (χ0) is 17.4. The van der Waals surface area contributed by atoms with Crippen LogP contribution in [0.3, 0.4) is 0 Å². The van der Waals surface area contributed by atoms with Gasteiger partial charge in [0.25, 0.3) is 0 Å². The Bertz CT molecular complexity index is 606. The third-order valence-electron chi connectivity index (χ3n) is 4.09. The highest BCUT2D eigenvalue weighted by Gasteiger charge is 2.12. The SMILES string of the molecule is CC(C)N(CCOc1ccc(/C=C\c2ccccc2)cc1)C(C)C. The van der Waals surface area contributed by atoms with Crippen LogP contribution in [0.25, 0.3) is 12.2 Å². The van der Waals surface area contributed by atoms with Gasteiger partial charge in [-0.15, -0.1) is 0 Å². The van der Waals surface area contributed by atoms with Crippen LogP contribution in [0.1, 0.15) is 38.8 Å². The minimum absolute atomic E-state index is 0.541. The molecule has 0 aliphatic rings. The van der Waals surface area contributed by atoms with Crippen LogP contribution in [-0.4, -0.2) is 30.1 Å². The van der Waals surface area contributed by atoms with E-state index in [-0.39, 0.29) is 0 Å². The van der Waals surface area contributed by atoms with Crippen molar-refractivity contribution in [3.8, 4) is 5.75 Å². The lowest BCUT2D eigenvalue weighted by atomic mass is 10.1. The van der Waals surface area contributed by atoms with Crippen LogP contribution in [0.5, 0.6) is 5.75 Å². The number of nitrogens with zero attached hydrogens (tertiary/aromatic N) is 1. The summed E-state index contributed by atoms with van der Waals surface area (Å²) in [6, 6.07) is 19.7. The molecule has 2 heteroatoms. The van der Waals surface area contributed by atoms with Crippen molar-refractivity contribution >= 4 is 12.2 Å². The minimum atomic E-state index is 0.541. The van der Waals surface area contributed by atoms with Crippen molar-refractivity contribution in [2.45, 2.75) is 39.8 Å². The van der Waals surface area contributed by atoms with Crippen LogP contribution in [-0.2, 0) is 0 Å². The van der Waals surface area contributed by atoms with E-state index in [2.05, 4.69) is 69.0 Å². The van der Waals surface area contributed by atoms with Crippen LogP contribution < -0.4 is 4.74 Å². The Hall–Kier alpha value is -2.06. The van der Waals surface area contributed by atoms with Gasteiger partial charge in [-0.05, 0) is 51.0 Å². The average Bonchev–Trinajstić information content (AvgIpc) is 2.58. The maximum atomic E-state index is 5.89. The summed E-state index contributed by atoms with van der Waals surface area (Å²) in [5.41, 5.74) is 2.39. The predicted molar refractivity (Wildman–Crippen MR) is 104 cm³/mol. The van der Waals surface area contributed by atoms with Gasteiger partial charge in [-0.1, -0.05) is 54.6 Å². The molecule has 0 bridgehead atoms. The summed E-state index contributed by atoms with van der Waals surface area (Å²) >= 11 is 0. The highest BCUT2D eigenvalue weighted by atomic mass is 16.5. The van der Waals surface area contributed by atoms with Gasteiger partial charge in [0.2, 0.25) is 0 Å². The summed E-state index contributed by atoms with van der Waals surface area (Å²) in [5, 5.41) is 0. The standard InChI is InChI=1S/C22H29NO/c1-18(2)23(19(3)4)16-17-24-22-14-12-21(13-15-22)11-10-20-8-6-5-7-9-20/h5-15,18-19H,16-17H2,1-4H3/b11-10-. The van der Waals surface area contributed by atoms with Crippen LogP contribution in [0.15, 0.2) is 54.6 Å². The quantitative estimate of drug-likeness (QED) is 0.607. The first kappa shape index (κ1) is 18.3. The lowest BCUT2D eigenvalue weighted by Gasteiger charge is -2.30. The molecule has 24 heavy (non-hydrogen) atoms. The highest BCUT2D eigenvalue weighted by molar-refractivity contribution is 5.69. The lowest BCUT2D eigenvalue weighted by Crippen LogP contribution is -2.39. The topological polar surface area (TPSA) is 12.5 Å². The molecule has 0 saturated heterocycles. The highest BCUT2D eigenvalue weighted by Crippen LogP contribution is 2.15. The van der Waals surface area contributed by atoms with Crippen LogP contribution in [0.4, 0.5) is 0 Å². The fourth-order valence-electron chi connectivity index (χ4n) is 2.81. The Labute approximate surface area is 146 Å². The van der Waals surface area contributed by atoms with Gasteiger partial charge in [0.05, 0.1) is 0 Å². The molecule has 0 amide bonds. The zero-order valence-corrected chi connectivity index (χ0v) is 15.3. The van der Waals surface area contributed by atoms with Crippen LogP contribution in [0.2, 0.25) is 0 Å².